The van der Waals surface area contributed by atoms with Crippen LogP contribution in [0, 0.1) is 0 Å². The summed E-state index contributed by atoms with van der Waals surface area (Å²) >= 11 is 1.85. The van der Waals surface area contributed by atoms with Crippen LogP contribution >= 0.6 is 11.3 Å². The van der Waals surface area contributed by atoms with Crippen LogP contribution in [0.25, 0.3) is 53.2 Å². The van der Waals surface area contributed by atoms with E-state index in [1.807, 2.05) is 23.5 Å². The van der Waals surface area contributed by atoms with Crippen molar-refractivity contribution in [3.63, 3.8) is 0 Å². The topological polar surface area (TPSA) is 25.6 Å². The van der Waals surface area contributed by atoms with Gasteiger partial charge in [-0.25, -0.2) is 0 Å². The van der Waals surface area contributed by atoms with Crippen LogP contribution in [-0.4, -0.2) is 0 Å². The van der Waals surface area contributed by atoms with E-state index in [-0.39, 0.29) is 5.41 Å². The molecule has 9 aromatic rings. The Kier molecular flexibility index (Phi) is 6.09. The molecule has 4 heteroatoms. The van der Waals surface area contributed by atoms with E-state index in [0.29, 0.717) is 0 Å². The van der Waals surface area contributed by atoms with E-state index in [0.717, 1.165) is 56.1 Å². The predicted molar refractivity (Wildman–Crippen MR) is 205 cm³/mol. The summed E-state index contributed by atoms with van der Waals surface area (Å²) in [6, 6.07) is 54.1. The molecular formula is C45H31NO2S. The van der Waals surface area contributed by atoms with Gasteiger partial charge in [0, 0.05) is 59.2 Å². The maximum absolute atomic E-state index is 6.72. The fraction of sp³-hybridized carbons (Fsp3) is 0.0667. The van der Waals surface area contributed by atoms with Crippen LogP contribution in [0.5, 0.6) is 11.5 Å². The zero-order chi connectivity index (χ0) is 32.7. The first-order valence-corrected chi connectivity index (χ1v) is 17.5. The van der Waals surface area contributed by atoms with Gasteiger partial charge in [-0.2, -0.15) is 0 Å². The van der Waals surface area contributed by atoms with E-state index >= 15 is 0 Å². The normalized spacial score (nSPS) is 13.4. The van der Waals surface area contributed by atoms with Crippen LogP contribution in [0.3, 0.4) is 0 Å². The Bertz CT molecular complexity index is 2720. The third kappa shape index (κ3) is 4.34. The van der Waals surface area contributed by atoms with Crippen LogP contribution in [0.1, 0.15) is 25.0 Å². The van der Waals surface area contributed by atoms with Gasteiger partial charge in [-0.3, -0.25) is 0 Å². The Morgan fingerprint density at radius 3 is 2.06 bits per heavy atom. The van der Waals surface area contributed by atoms with Crippen molar-refractivity contribution < 1.29 is 9.15 Å². The van der Waals surface area contributed by atoms with Crippen molar-refractivity contribution >= 4 is 70.5 Å². The van der Waals surface area contributed by atoms with Crippen molar-refractivity contribution in [3.8, 4) is 22.6 Å². The Morgan fingerprint density at radius 2 is 1.20 bits per heavy atom. The fourth-order valence-corrected chi connectivity index (χ4v) is 8.75. The molecular weight excluding hydrogens is 619 g/mol. The molecule has 0 spiro atoms. The highest BCUT2D eigenvalue weighted by Gasteiger charge is 2.36. The molecule has 0 radical (unpaired) electrons. The molecule has 0 amide bonds. The SMILES string of the molecule is CC1(C)c2cc(-c3ccc(N(c4ccccc4)c4ccc5c(c4)sc4ccccc45)cc3)ccc2Oc2c1ccc1oc3ccccc3c21. The zero-order valence-electron chi connectivity index (χ0n) is 27.1. The molecule has 0 fully saturated rings. The van der Waals surface area contributed by atoms with Crippen LogP contribution in [0.4, 0.5) is 17.1 Å². The number of nitrogens with zero attached hydrogens (tertiary/aromatic N) is 1. The number of anilines is 3. The molecule has 1 aliphatic rings. The number of para-hydroxylation sites is 2. The van der Waals surface area contributed by atoms with E-state index in [9.17, 15) is 0 Å². The number of benzene rings is 7. The summed E-state index contributed by atoms with van der Waals surface area (Å²) in [5.41, 5.74) is 9.52. The molecule has 234 valence electrons. The number of thiophene rings is 1. The van der Waals surface area contributed by atoms with Crippen molar-refractivity contribution in [3.05, 3.63) is 163 Å². The molecule has 49 heavy (non-hydrogen) atoms. The minimum Gasteiger partial charge on any atom is -0.456 e. The minimum atomic E-state index is -0.263. The molecule has 2 aromatic heterocycles. The molecule has 0 atom stereocenters. The van der Waals surface area contributed by atoms with Crippen LogP contribution in [0.15, 0.2) is 156 Å². The first-order valence-electron chi connectivity index (χ1n) is 16.7. The van der Waals surface area contributed by atoms with E-state index in [4.69, 9.17) is 9.15 Å². The average molecular weight is 650 g/mol. The van der Waals surface area contributed by atoms with Gasteiger partial charge in [-0.1, -0.05) is 98.8 Å². The Labute approximate surface area is 288 Å². The Hall–Kier alpha value is -5.84. The molecule has 3 heterocycles. The lowest BCUT2D eigenvalue weighted by molar-refractivity contribution is 0.423. The minimum absolute atomic E-state index is 0.263. The largest absolute Gasteiger partial charge is 0.456 e. The molecule has 0 aliphatic carbocycles. The molecule has 1 aliphatic heterocycles. The fourth-order valence-electron chi connectivity index (χ4n) is 7.61. The van der Waals surface area contributed by atoms with Crippen molar-refractivity contribution in [2.75, 3.05) is 4.90 Å². The first-order chi connectivity index (χ1) is 24.0. The van der Waals surface area contributed by atoms with Gasteiger partial charge in [0.05, 0.1) is 5.39 Å². The number of furan rings is 1. The number of rotatable bonds is 4. The molecule has 0 unspecified atom stereocenters. The van der Waals surface area contributed by atoms with Gasteiger partial charge in [0.1, 0.15) is 22.7 Å². The maximum atomic E-state index is 6.72. The molecule has 0 N–H and O–H groups in total. The number of hydrogen-bond donors (Lipinski definition) is 0. The van der Waals surface area contributed by atoms with Crippen molar-refractivity contribution in [2.24, 2.45) is 0 Å². The van der Waals surface area contributed by atoms with Crippen LogP contribution in [-0.2, 0) is 5.41 Å². The van der Waals surface area contributed by atoms with Gasteiger partial charge in [-0.05, 0) is 77.9 Å². The summed E-state index contributed by atoms with van der Waals surface area (Å²) < 4.78 is 15.5. The third-order valence-electron chi connectivity index (χ3n) is 10.1. The molecule has 0 saturated heterocycles. The summed E-state index contributed by atoms with van der Waals surface area (Å²) in [6.45, 7) is 4.58. The van der Waals surface area contributed by atoms with Gasteiger partial charge in [-0.15, -0.1) is 11.3 Å². The monoisotopic (exact) mass is 649 g/mol. The van der Waals surface area contributed by atoms with Crippen molar-refractivity contribution in [2.45, 2.75) is 19.3 Å². The lowest BCUT2D eigenvalue weighted by atomic mass is 9.74. The highest BCUT2D eigenvalue weighted by molar-refractivity contribution is 7.25. The van der Waals surface area contributed by atoms with Gasteiger partial charge >= 0.3 is 0 Å². The highest BCUT2D eigenvalue weighted by atomic mass is 32.1. The maximum Gasteiger partial charge on any atom is 0.143 e. The summed E-state index contributed by atoms with van der Waals surface area (Å²) in [7, 11) is 0. The summed E-state index contributed by atoms with van der Waals surface area (Å²) in [5, 5.41) is 4.74. The van der Waals surface area contributed by atoms with Gasteiger partial charge in [0.2, 0.25) is 0 Å². The van der Waals surface area contributed by atoms with E-state index in [1.54, 1.807) is 0 Å². The van der Waals surface area contributed by atoms with Gasteiger partial charge < -0.3 is 14.1 Å². The van der Waals surface area contributed by atoms with E-state index in [1.165, 1.54) is 36.9 Å². The standard InChI is InChI=1S/C45H31NO2S/c1-45(2)36-23-25-40-43(35-13-6-8-14-38(35)47-40)44(36)48-39-24-18-29(26-37(39)45)28-16-19-31(20-17-28)46(30-10-4-3-5-11-30)32-21-22-34-33-12-7-9-15-41(33)49-42(34)27-32/h3-27H,1-2H3. The van der Waals surface area contributed by atoms with Crippen molar-refractivity contribution in [1.29, 1.82) is 0 Å². The van der Waals surface area contributed by atoms with Crippen LogP contribution < -0.4 is 9.64 Å². The second-order valence-corrected chi connectivity index (χ2v) is 14.4. The molecule has 7 aromatic carbocycles. The third-order valence-corrected chi connectivity index (χ3v) is 11.3. The lowest BCUT2D eigenvalue weighted by Gasteiger charge is -2.35. The number of fused-ring (bicyclic) bond motifs is 9. The number of hydrogen-bond acceptors (Lipinski definition) is 4. The second kappa shape index (κ2) is 10.6. The first kappa shape index (κ1) is 28.2. The molecule has 0 saturated carbocycles. The molecule has 0 bridgehead atoms. The Balaban J connectivity index is 1.03. The lowest BCUT2D eigenvalue weighted by Crippen LogP contribution is -2.24. The quantitative estimate of drug-likeness (QED) is 0.190. The van der Waals surface area contributed by atoms with Gasteiger partial charge in [0.15, 0.2) is 0 Å². The summed E-state index contributed by atoms with van der Waals surface area (Å²) in [5.74, 6) is 1.79. The smallest absolute Gasteiger partial charge is 0.143 e. The average Bonchev–Trinajstić information content (AvgIpc) is 3.71. The van der Waals surface area contributed by atoms with E-state index in [2.05, 4.69) is 158 Å². The molecule has 3 nitrogen and oxygen atoms in total. The molecule has 10 rings (SSSR count). The predicted octanol–water partition coefficient (Wildman–Crippen LogP) is 13.5. The van der Waals surface area contributed by atoms with Crippen LogP contribution in [0.2, 0.25) is 0 Å². The van der Waals surface area contributed by atoms with E-state index < -0.39 is 0 Å². The zero-order valence-corrected chi connectivity index (χ0v) is 27.9. The number of ether oxygens (including phenoxy) is 1. The summed E-state index contributed by atoms with van der Waals surface area (Å²) in [4.78, 5) is 2.34. The van der Waals surface area contributed by atoms with Crippen molar-refractivity contribution in [1.82, 2.24) is 0 Å². The Morgan fingerprint density at radius 1 is 0.510 bits per heavy atom. The highest BCUT2D eigenvalue weighted by Crippen LogP contribution is 2.53. The second-order valence-electron chi connectivity index (χ2n) is 13.3. The summed E-state index contributed by atoms with van der Waals surface area (Å²) in [6.07, 6.45) is 0. The van der Waals surface area contributed by atoms with Gasteiger partial charge in [0.25, 0.3) is 0 Å².